The number of nitrogens with one attached hydrogen (secondary N) is 2. The Morgan fingerprint density at radius 1 is 1.02 bits per heavy atom. The molecule has 6 atom stereocenters. The molecule has 234 valence electrons. The molecule has 2 bridgehead atoms. The number of aliphatic hydroxyl groups is 1. The van der Waals surface area contributed by atoms with Gasteiger partial charge in [-0.2, -0.15) is 0 Å². The second-order valence-electron chi connectivity index (χ2n) is 13.7. The molecule has 3 fully saturated rings. The van der Waals surface area contributed by atoms with Crippen LogP contribution in [0.25, 0.3) is 0 Å². The first-order valence-electron chi connectivity index (χ1n) is 15.5. The molecule has 2 aliphatic heterocycles. The number of urea groups is 1. The smallest absolute Gasteiger partial charge is 0.325 e. The van der Waals surface area contributed by atoms with Gasteiger partial charge in [-0.05, 0) is 60.3 Å². The number of carbonyl (C=O) groups excluding carboxylic acids is 2. The van der Waals surface area contributed by atoms with Crippen molar-refractivity contribution in [1.82, 2.24) is 10.2 Å². The SMILES string of the molecule is CCOC(=O)CNC(=O)Nc1ccc([C@H]2O[C@@H](CN3CC4(C)CC3CC(C)(C)C4)[C@@H](C)[C@@H](c3ccc(CO)cc3)O2)cc1. The lowest BCUT2D eigenvalue weighted by molar-refractivity contribution is -0.276. The maximum Gasteiger partial charge on any atom is 0.325 e. The van der Waals surface area contributed by atoms with Gasteiger partial charge in [0.2, 0.25) is 0 Å². The summed E-state index contributed by atoms with van der Waals surface area (Å²) in [5.41, 5.74) is 4.06. The third-order valence-electron chi connectivity index (χ3n) is 9.20. The number of hydrogen-bond donors (Lipinski definition) is 3. The molecule has 0 spiro atoms. The number of amides is 2. The molecular weight excluding hydrogens is 546 g/mol. The molecule has 9 heteroatoms. The van der Waals surface area contributed by atoms with Gasteiger partial charge in [-0.3, -0.25) is 9.69 Å². The lowest BCUT2D eigenvalue weighted by atomic mass is 9.65. The van der Waals surface area contributed by atoms with Crippen LogP contribution < -0.4 is 10.6 Å². The third kappa shape index (κ3) is 7.58. The summed E-state index contributed by atoms with van der Waals surface area (Å²) in [4.78, 5) is 26.4. The Labute approximate surface area is 255 Å². The molecule has 2 amide bonds. The topological polar surface area (TPSA) is 109 Å². The molecule has 1 saturated carbocycles. The Bertz CT molecular complexity index is 1270. The van der Waals surface area contributed by atoms with Crippen LogP contribution >= 0.6 is 0 Å². The van der Waals surface area contributed by atoms with Crippen molar-refractivity contribution in [2.75, 3.05) is 31.6 Å². The van der Waals surface area contributed by atoms with Gasteiger partial charge in [-0.1, -0.05) is 64.1 Å². The summed E-state index contributed by atoms with van der Waals surface area (Å²) >= 11 is 0. The van der Waals surface area contributed by atoms with E-state index in [9.17, 15) is 14.7 Å². The van der Waals surface area contributed by atoms with Crippen LogP contribution in [0.1, 0.15) is 83.0 Å². The van der Waals surface area contributed by atoms with Crippen LogP contribution in [-0.2, 0) is 25.6 Å². The molecule has 0 radical (unpaired) electrons. The van der Waals surface area contributed by atoms with E-state index in [0.29, 0.717) is 22.6 Å². The fraction of sp³-hybridized carbons (Fsp3) is 0.588. The maximum atomic E-state index is 12.2. The van der Waals surface area contributed by atoms with Crippen molar-refractivity contribution in [3.8, 4) is 0 Å². The van der Waals surface area contributed by atoms with Gasteiger partial charge in [0.1, 0.15) is 6.54 Å². The molecule has 2 saturated heterocycles. The van der Waals surface area contributed by atoms with Crippen LogP contribution in [0.15, 0.2) is 48.5 Å². The Kier molecular flexibility index (Phi) is 9.46. The minimum Gasteiger partial charge on any atom is -0.465 e. The highest BCUT2D eigenvalue weighted by Crippen LogP contribution is 2.53. The van der Waals surface area contributed by atoms with Crippen molar-refractivity contribution < 1.29 is 28.9 Å². The lowest BCUT2D eigenvalue weighted by Crippen LogP contribution is -2.46. The highest BCUT2D eigenvalue weighted by atomic mass is 16.7. The second-order valence-corrected chi connectivity index (χ2v) is 13.7. The summed E-state index contributed by atoms with van der Waals surface area (Å²) in [7, 11) is 0. The largest absolute Gasteiger partial charge is 0.465 e. The molecule has 2 unspecified atom stereocenters. The minimum absolute atomic E-state index is 0.00240. The number of aliphatic hydroxyl groups excluding tert-OH is 1. The number of nitrogens with zero attached hydrogens (tertiary/aromatic N) is 1. The normalized spacial score (nSPS) is 30.0. The van der Waals surface area contributed by atoms with Crippen molar-refractivity contribution in [2.45, 2.75) is 85.0 Å². The fourth-order valence-electron chi connectivity index (χ4n) is 7.61. The van der Waals surface area contributed by atoms with E-state index in [0.717, 1.165) is 29.8 Å². The van der Waals surface area contributed by atoms with Crippen LogP contribution in [0.2, 0.25) is 0 Å². The van der Waals surface area contributed by atoms with Crippen molar-refractivity contribution in [2.24, 2.45) is 16.7 Å². The van der Waals surface area contributed by atoms with E-state index in [1.54, 1.807) is 19.1 Å². The number of ether oxygens (including phenoxy) is 3. The van der Waals surface area contributed by atoms with Gasteiger partial charge >= 0.3 is 12.0 Å². The van der Waals surface area contributed by atoms with Gasteiger partial charge in [-0.25, -0.2) is 4.79 Å². The predicted molar refractivity (Wildman–Crippen MR) is 164 cm³/mol. The van der Waals surface area contributed by atoms with Crippen LogP contribution in [0, 0.1) is 16.7 Å². The Balaban J connectivity index is 1.31. The van der Waals surface area contributed by atoms with E-state index in [-0.39, 0.29) is 37.9 Å². The van der Waals surface area contributed by atoms with Gasteiger partial charge in [0, 0.05) is 36.3 Å². The number of rotatable bonds is 9. The van der Waals surface area contributed by atoms with Crippen LogP contribution in [-0.4, -0.2) is 60.4 Å². The van der Waals surface area contributed by atoms with Crippen LogP contribution in [0.4, 0.5) is 10.5 Å². The summed E-state index contributed by atoms with van der Waals surface area (Å²) in [5, 5.41) is 14.8. The molecule has 1 aliphatic carbocycles. The molecule has 0 aromatic heterocycles. The van der Waals surface area contributed by atoms with E-state index < -0.39 is 18.3 Å². The number of hydrogen-bond acceptors (Lipinski definition) is 7. The summed E-state index contributed by atoms with van der Waals surface area (Å²) in [5.74, 6) is -0.374. The Morgan fingerprint density at radius 2 is 1.72 bits per heavy atom. The molecule has 2 aromatic rings. The molecule has 2 aromatic carbocycles. The number of benzene rings is 2. The van der Waals surface area contributed by atoms with E-state index in [4.69, 9.17) is 14.2 Å². The molecular formula is C34H47N3O6. The van der Waals surface area contributed by atoms with Crippen LogP contribution in [0.3, 0.4) is 0 Å². The Morgan fingerprint density at radius 3 is 2.40 bits per heavy atom. The summed E-state index contributed by atoms with van der Waals surface area (Å²) < 4.78 is 18.2. The maximum absolute atomic E-state index is 12.2. The highest BCUT2D eigenvalue weighted by molar-refractivity contribution is 5.91. The standard InChI is InChI=1S/C34H47N3O6/c1-6-41-29(39)17-35-32(40)36-26-13-11-25(12-14-26)31-42-28(18-37-21-34(5)16-27(37)15-33(3,4)20-34)22(2)30(43-31)24-9-7-23(19-38)8-10-24/h7-14,22,27-28,30-31,38H,6,15-21H2,1-5H3,(H2,35,36,40)/t22-,27?,28+,30+,31+,34?/m1/s1. The van der Waals surface area contributed by atoms with Gasteiger partial charge in [0.05, 0.1) is 25.4 Å². The van der Waals surface area contributed by atoms with E-state index in [1.807, 2.05) is 36.4 Å². The summed E-state index contributed by atoms with van der Waals surface area (Å²) in [6.45, 7) is 13.2. The minimum atomic E-state index is -0.579. The van der Waals surface area contributed by atoms with Gasteiger partial charge in [-0.15, -0.1) is 0 Å². The van der Waals surface area contributed by atoms with E-state index in [2.05, 4.69) is 43.2 Å². The first-order chi connectivity index (χ1) is 20.5. The number of anilines is 1. The van der Waals surface area contributed by atoms with Crippen molar-refractivity contribution >= 4 is 17.7 Å². The van der Waals surface area contributed by atoms with Crippen molar-refractivity contribution in [1.29, 1.82) is 0 Å². The molecule has 5 rings (SSSR count). The Hall–Kier alpha value is -2.98. The summed E-state index contributed by atoms with van der Waals surface area (Å²) in [6, 6.07) is 15.5. The van der Waals surface area contributed by atoms with Crippen molar-refractivity contribution in [3.05, 3.63) is 65.2 Å². The van der Waals surface area contributed by atoms with Crippen LogP contribution in [0.5, 0.6) is 0 Å². The zero-order valence-corrected chi connectivity index (χ0v) is 26.1. The van der Waals surface area contributed by atoms with Crippen molar-refractivity contribution in [3.63, 3.8) is 0 Å². The molecule has 3 aliphatic rings. The van der Waals surface area contributed by atoms with Gasteiger partial charge < -0.3 is 30.0 Å². The summed E-state index contributed by atoms with van der Waals surface area (Å²) in [6.07, 6.45) is 2.89. The number of fused-ring (bicyclic) bond motifs is 2. The first kappa shape index (κ1) is 31.4. The predicted octanol–water partition coefficient (Wildman–Crippen LogP) is 5.56. The molecule has 9 nitrogen and oxygen atoms in total. The number of carbonyl (C=O) groups is 2. The molecule has 43 heavy (non-hydrogen) atoms. The quantitative estimate of drug-likeness (QED) is 0.327. The van der Waals surface area contributed by atoms with E-state index >= 15 is 0 Å². The molecule has 2 heterocycles. The second kappa shape index (κ2) is 12.9. The zero-order chi connectivity index (χ0) is 30.8. The lowest BCUT2D eigenvalue weighted by Gasteiger charge is -2.43. The zero-order valence-electron chi connectivity index (χ0n) is 26.1. The highest BCUT2D eigenvalue weighted by Gasteiger charge is 2.51. The average Bonchev–Trinajstić information content (AvgIpc) is 3.20. The molecule has 3 N–H and O–H groups in total. The fourth-order valence-corrected chi connectivity index (χ4v) is 7.61. The monoisotopic (exact) mass is 593 g/mol. The van der Waals surface area contributed by atoms with E-state index in [1.165, 1.54) is 19.3 Å². The van der Waals surface area contributed by atoms with Gasteiger partial charge in [0.25, 0.3) is 0 Å². The van der Waals surface area contributed by atoms with Gasteiger partial charge in [0.15, 0.2) is 6.29 Å². The number of likely N-dealkylation sites (tertiary alicyclic amines) is 1. The third-order valence-corrected chi connectivity index (χ3v) is 9.20. The average molecular weight is 594 g/mol. The number of esters is 1. The first-order valence-corrected chi connectivity index (χ1v) is 15.5.